The molecular weight excluding hydrogens is 272 g/mol. The van der Waals surface area contributed by atoms with Crippen molar-refractivity contribution in [2.24, 2.45) is 0 Å². The number of benzene rings is 1. The number of carbonyl (C=O) groups is 1. The Kier molecular flexibility index (Phi) is 3.98. The number of aromatic amines is 1. The highest BCUT2D eigenvalue weighted by molar-refractivity contribution is 5.99. The molecule has 0 bridgehead atoms. The minimum Gasteiger partial charge on any atom is -0.381 e. The van der Waals surface area contributed by atoms with Crippen molar-refractivity contribution in [2.75, 3.05) is 31.7 Å². The Morgan fingerprint density at radius 2 is 2.19 bits per heavy atom. The number of hydrogen-bond acceptors (Lipinski definition) is 5. The van der Waals surface area contributed by atoms with Crippen molar-refractivity contribution in [3.05, 3.63) is 40.2 Å². The molecule has 3 rings (SSSR count). The summed E-state index contributed by atoms with van der Waals surface area (Å²) in [7, 11) is 0. The Morgan fingerprint density at radius 3 is 2.95 bits per heavy atom. The highest BCUT2D eigenvalue weighted by atomic mass is 16.6. The number of H-pyrrole nitrogens is 1. The molecule has 2 N–H and O–H groups in total. The van der Waals surface area contributed by atoms with Gasteiger partial charge in [0.05, 0.1) is 37.1 Å². The molecule has 1 atom stereocenters. The fourth-order valence-corrected chi connectivity index (χ4v) is 2.43. The van der Waals surface area contributed by atoms with Gasteiger partial charge in [0.15, 0.2) is 6.29 Å². The summed E-state index contributed by atoms with van der Waals surface area (Å²) < 4.78 is 10.9. The number of ether oxygens (including phenoxy) is 2. The molecule has 110 valence electrons. The van der Waals surface area contributed by atoms with Crippen LogP contribution in [0.3, 0.4) is 0 Å². The number of aldehydes is 1. The fourth-order valence-electron chi connectivity index (χ4n) is 2.43. The number of rotatable bonds is 4. The van der Waals surface area contributed by atoms with E-state index >= 15 is 0 Å². The van der Waals surface area contributed by atoms with Crippen LogP contribution in [0.1, 0.15) is 10.4 Å². The van der Waals surface area contributed by atoms with Crippen LogP contribution in [0.4, 0.5) is 5.69 Å². The van der Waals surface area contributed by atoms with E-state index in [-0.39, 0.29) is 11.7 Å². The van der Waals surface area contributed by atoms with Gasteiger partial charge in [0.25, 0.3) is 5.56 Å². The molecule has 0 saturated carbocycles. The number of carbonyl (C=O) groups excluding carboxylic acids is 1. The van der Waals surface area contributed by atoms with E-state index in [1.165, 1.54) is 0 Å². The number of nitrogens with one attached hydrogen (secondary N) is 2. The molecule has 6 heteroatoms. The average Bonchev–Trinajstić information content (AvgIpc) is 2.53. The Bertz CT molecular complexity index is 704. The van der Waals surface area contributed by atoms with Crippen molar-refractivity contribution >= 4 is 22.9 Å². The van der Waals surface area contributed by atoms with E-state index in [0.717, 1.165) is 5.39 Å². The van der Waals surface area contributed by atoms with E-state index in [4.69, 9.17) is 9.47 Å². The SMILES string of the molecule is O=Cc1c(NC[C@H]2COCCO2)c2ccccc2[nH]c1=O. The topological polar surface area (TPSA) is 80.4 Å². The third-order valence-electron chi connectivity index (χ3n) is 3.47. The molecule has 1 saturated heterocycles. The summed E-state index contributed by atoms with van der Waals surface area (Å²) in [4.78, 5) is 25.9. The van der Waals surface area contributed by atoms with Crippen molar-refractivity contribution in [1.29, 1.82) is 0 Å². The van der Waals surface area contributed by atoms with Crippen LogP contribution < -0.4 is 10.9 Å². The molecule has 1 aliphatic rings. The minimum atomic E-state index is -0.396. The van der Waals surface area contributed by atoms with Gasteiger partial charge in [-0.15, -0.1) is 0 Å². The molecule has 1 fully saturated rings. The maximum Gasteiger partial charge on any atom is 0.261 e. The second kappa shape index (κ2) is 6.07. The lowest BCUT2D eigenvalue weighted by atomic mass is 10.1. The van der Waals surface area contributed by atoms with Crippen LogP contribution in [-0.4, -0.2) is 43.7 Å². The maximum absolute atomic E-state index is 12.0. The monoisotopic (exact) mass is 288 g/mol. The van der Waals surface area contributed by atoms with Gasteiger partial charge < -0.3 is 19.8 Å². The first-order valence-corrected chi connectivity index (χ1v) is 6.83. The van der Waals surface area contributed by atoms with Crippen LogP contribution in [0.2, 0.25) is 0 Å². The van der Waals surface area contributed by atoms with E-state index in [2.05, 4.69) is 10.3 Å². The van der Waals surface area contributed by atoms with E-state index in [9.17, 15) is 9.59 Å². The fraction of sp³-hybridized carbons (Fsp3) is 0.333. The van der Waals surface area contributed by atoms with Crippen LogP contribution in [0.15, 0.2) is 29.1 Å². The van der Waals surface area contributed by atoms with Gasteiger partial charge in [-0.1, -0.05) is 18.2 Å². The highest BCUT2D eigenvalue weighted by Gasteiger charge is 2.17. The molecule has 1 aliphatic heterocycles. The third kappa shape index (κ3) is 2.81. The quantitative estimate of drug-likeness (QED) is 0.825. The molecule has 0 aliphatic carbocycles. The molecule has 0 unspecified atom stereocenters. The number of anilines is 1. The Labute approximate surface area is 121 Å². The van der Waals surface area contributed by atoms with Gasteiger partial charge in [-0.2, -0.15) is 0 Å². The molecule has 21 heavy (non-hydrogen) atoms. The largest absolute Gasteiger partial charge is 0.381 e. The molecule has 0 spiro atoms. The van der Waals surface area contributed by atoms with Crippen molar-refractivity contribution in [1.82, 2.24) is 4.98 Å². The summed E-state index contributed by atoms with van der Waals surface area (Å²) in [5, 5.41) is 3.96. The zero-order valence-electron chi connectivity index (χ0n) is 11.4. The third-order valence-corrected chi connectivity index (χ3v) is 3.47. The van der Waals surface area contributed by atoms with Gasteiger partial charge >= 0.3 is 0 Å². The van der Waals surface area contributed by atoms with Crippen molar-refractivity contribution in [2.45, 2.75) is 6.10 Å². The van der Waals surface area contributed by atoms with Crippen LogP contribution in [0.5, 0.6) is 0 Å². The van der Waals surface area contributed by atoms with Gasteiger partial charge in [0, 0.05) is 11.9 Å². The van der Waals surface area contributed by atoms with Crippen LogP contribution in [0, 0.1) is 0 Å². The summed E-state index contributed by atoms with van der Waals surface area (Å²) in [5.41, 5.74) is 0.937. The van der Waals surface area contributed by atoms with Crippen LogP contribution >= 0.6 is 0 Å². The second-order valence-electron chi connectivity index (χ2n) is 4.85. The molecule has 1 aromatic carbocycles. The number of aromatic nitrogens is 1. The lowest BCUT2D eigenvalue weighted by molar-refractivity contribution is -0.0818. The summed E-state index contributed by atoms with van der Waals surface area (Å²) >= 11 is 0. The molecule has 1 aromatic heterocycles. The van der Waals surface area contributed by atoms with E-state index < -0.39 is 5.56 Å². The van der Waals surface area contributed by atoms with Gasteiger partial charge in [-0.3, -0.25) is 9.59 Å². The van der Waals surface area contributed by atoms with Crippen LogP contribution in [0.25, 0.3) is 10.9 Å². The number of pyridine rings is 1. The standard InChI is InChI=1S/C15H16N2O4/c18-8-12-14(16-7-10-9-20-5-6-21-10)11-3-1-2-4-13(11)17-15(12)19/h1-4,8,10H,5-7,9H2,(H2,16,17,19)/t10-/m0/s1. The number of para-hydroxylation sites is 1. The maximum atomic E-state index is 12.0. The Morgan fingerprint density at radius 1 is 1.33 bits per heavy atom. The van der Waals surface area contributed by atoms with Crippen LogP contribution in [-0.2, 0) is 9.47 Å². The first kappa shape index (κ1) is 13.8. The second-order valence-corrected chi connectivity index (χ2v) is 4.85. The smallest absolute Gasteiger partial charge is 0.261 e. The number of fused-ring (bicyclic) bond motifs is 1. The Hall–Kier alpha value is -2.18. The summed E-state index contributed by atoms with van der Waals surface area (Å²) in [6.07, 6.45) is 0.488. The van der Waals surface area contributed by atoms with Gasteiger partial charge in [-0.25, -0.2) is 0 Å². The molecular formula is C15H16N2O4. The van der Waals surface area contributed by atoms with Gasteiger partial charge in [-0.05, 0) is 6.07 Å². The Balaban J connectivity index is 1.95. The predicted octanol–water partition coefficient (Wildman–Crippen LogP) is 1.17. The normalized spacial score (nSPS) is 18.6. The highest BCUT2D eigenvalue weighted by Crippen LogP contribution is 2.22. The zero-order chi connectivity index (χ0) is 14.7. The first-order valence-electron chi connectivity index (χ1n) is 6.83. The summed E-state index contributed by atoms with van der Waals surface area (Å²) in [5.74, 6) is 0. The lowest BCUT2D eigenvalue weighted by Crippen LogP contribution is -2.34. The minimum absolute atomic E-state index is 0.0868. The zero-order valence-corrected chi connectivity index (χ0v) is 11.4. The van der Waals surface area contributed by atoms with E-state index in [0.29, 0.717) is 43.9 Å². The van der Waals surface area contributed by atoms with E-state index in [1.54, 1.807) is 6.07 Å². The molecule has 2 aromatic rings. The lowest BCUT2D eigenvalue weighted by Gasteiger charge is -2.24. The number of hydrogen-bond donors (Lipinski definition) is 2. The molecule has 6 nitrogen and oxygen atoms in total. The molecule has 0 radical (unpaired) electrons. The first-order chi connectivity index (χ1) is 10.3. The molecule has 2 heterocycles. The van der Waals surface area contributed by atoms with Crippen molar-refractivity contribution in [3.63, 3.8) is 0 Å². The van der Waals surface area contributed by atoms with Crippen molar-refractivity contribution in [3.8, 4) is 0 Å². The van der Waals surface area contributed by atoms with Gasteiger partial charge in [0.1, 0.15) is 5.56 Å². The summed E-state index contributed by atoms with van der Waals surface area (Å²) in [6.45, 7) is 2.14. The predicted molar refractivity (Wildman–Crippen MR) is 79.0 cm³/mol. The average molecular weight is 288 g/mol. The van der Waals surface area contributed by atoms with Gasteiger partial charge in [0.2, 0.25) is 0 Å². The molecule has 0 amide bonds. The van der Waals surface area contributed by atoms with Crippen molar-refractivity contribution < 1.29 is 14.3 Å². The summed E-state index contributed by atoms with van der Waals surface area (Å²) in [6, 6.07) is 7.36. The van der Waals surface area contributed by atoms with E-state index in [1.807, 2.05) is 18.2 Å².